The number of carbonyl (C=O) groups is 1. The van der Waals surface area contributed by atoms with Gasteiger partial charge in [0, 0.05) is 19.2 Å². The van der Waals surface area contributed by atoms with Crippen LogP contribution in [0.15, 0.2) is 18.3 Å². The van der Waals surface area contributed by atoms with Crippen molar-refractivity contribution in [2.24, 2.45) is 0 Å². The maximum absolute atomic E-state index is 12.9. The van der Waals surface area contributed by atoms with Crippen LogP contribution in [0, 0.1) is 0 Å². The topological polar surface area (TPSA) is 95.0 Å². The minimum absolute atomic E-state index is 0.0574. The van der Waals surface area contributed by atoms with Crippen molar-refractivity contribution < 1.29 is 23.7 Å². The Hall–Kier alpha value is -2.62. The van der Waals surface area contributed by atoms with E-state index in [2.05, 4.69) is 20.2 Å². The summed E-state index contributed by atoms with van der Waals surface area (Å²) in [5, 5.41) is 3.34. The molecule has 10 heteroatoms. The van der Waals surface area contributed by atoms with Crippen molar-refractivity contribution >= 4 is 29.0 Å². The van der Waals surface area contributed by atoms with E-state index in [1.54, 1.807) is 12.1 Å². The van der Waals surface area contributed by atoms with Gasteiger partial charge in [0.15, 0.2) is 5.78 Å². The van der Waals surface area contributed by atoms with Crippen molar-refractivity contribution in [1.82, 2.24) is 14.9 Å². The molecule has 0 unspecified atom stereocenters. The second-order valence-corrected chi connectivity index (χ2v) is 6.65. The van der Waals surface area contributed by atoms with E-state index in [4.69, 9.17) is 30.5 Å². The summed E-state index contributed by atoms with van der Waals surface area (Å²) in [4.78, 5) is 23.2. The molecule has 0 spiro atoms. The lowest BCUT2D eigenvalue weighted by molar-refractivity contribution is 0.0370. The van der Waals surface area contributed by atoms with E-state index in [-0.39, 0.29) is 24.2 Å². The molecule has 2 heterocycles. The maximum Gasteiger partial charge on any atom is 0.237 e. The molecular weight excluding hydrogens is 400 g/mol. The summed E-state index contributed by atoms with van der Waals surface area (Å²) in [7, 11) is 4.50. The molecule has 29 heavy (non-hydrogen) atoms. The van der Waals surface area contributed by atoms with Gasteiger partial charge in [0.2, 0.25) is 11.8 Å². The van der Waals surface area contributed by atoms with E-state index in [1.807, 2.05) is 0 Å². The average molecular weight is 423 g/mol. The summed E-state index contributed by atoms with van der Waals surface area (Å²) in [5.74, 6) is 1.32. The molecule has 0 radical (unpaired) electrons. The van der Waals surface area contributed by atoms with Crippen LogP contribution >= 0.6 is 11.6 Å². The number of benzene rings is 1. The Morgan fingerprint density at radius 2 is 1.90 bits per heavy atom. The highest BCUT2D eigenvalue weighted by Crippen LogP contribution is 2.35. The standard InChI is InChI=1S/C19H23ClN4O5/c1-26-16-9-14(22-19-21-10-13(20)18(23-19)28-3)17(27-2)8-12(16)15(25)11-24-4-6-29-7-5-24/h8-10H,4-7,11H2,1-3H3,(H,21,22,23). The van der Waals surface area contributed by atoms with Crippen LogP contribution in [-0.2, 0) is 4.74 Å². The Kier molecular flexibility index (Phi) is 7.08. The zero-order chi connectivity index (χ0) is 20.8. The van der Waals surface area contributed by atoms with Gasteiger partial charge in [-0.05, 0) is 6.07 Å². The number of nitrogens with zero attached hydrogens (tertiary/aromatic N) is 3. The largest absolute Gasteiger partial charge is 0.496 e. The van der Waals surface area contributed by atoms with Crippen molar-refractivity contribution in [1.29, 1.82) is 0 Å². The van der Waals surface area contributed by atoms with E-state index in [0.717, 1.165) is 13.1 Å². The second kappa shape index (κ2) is 9.73. The number of ether oxygens (including phenoxy) is 4. The van der Waals surface area contributed by atoms with Gasteiger partial charge in [-0.3, -0.25) is 9.69 Å². The first-order valence-corrected chi connectivity index (χ1v) is 9.36. The Morgan fingerprint density at radius 3 is 2.55 bits per heavy atom. The summed E-state index contributed by atoms with van der Waals surface area (Å²) < 4.78 is 21.4. The lowest BCUT2D eigenvalue weighted by Gasteiger charge is -2.26. The molecule has 1 aliphatic heterocycles. The minimum atomic E-state index is -0.0574. The fourth-order valence-corrected chi connectivity index (χ4v) is 3.10. The van der Waals surface area contributed by atoms with E-state index in [0.29, 0.717) is 41.0 Å². The van der Waals surface area contributed by atoms with Crippen LogP contribution in [0.25, 0.3) is 0 Å². The zero-order valence-electron chi connectivity index (χ0n) is 16.5. The number of carbonyl (C=O) groups excluding carboxylic acids is 1. The molecule has 156 valence electrons. The molecule has 1 aliphatic rings. The van der Waals surface area contributed by atoms with E-state index in [9.17, 15) is 4.79 Å². The van der Waals surface area contributed by atoms with Crippen LogP contribution in [0.3, 0.4) is 0 Å². The summed E-state index contributed by atoms with van der Waals surface area (Å²) >= 11 is 5.97. The highest BCUT2D eigenvalue weighted by Gasteiger charge is 2.21. The number of methoxy groups -OCH3 is 3. The zero-order valence-corrected chi connectivity index (χ0v) is 17.3. The number of Topliss-reactive ketones (excluding diaryl/α,β-unsaturated/α-hetero) is 1. The second-order valence-electron chi connectivity index (χ2n) is 6.24. The first-order valence-electron chi connectivity index (χ1n) is 8.98. The molecule has 0 aliphatic carbocycles. The number of anilines is 2. The predicted molar refractivity (Wildman–Crippen MR) is 108 cm³/mol. The fourth-order valence-electron chi connectivity index (χ4n) is 2.94. The van der Waals surface area contributed by atoms with Gasteiger partial charge in [-0.1, -0.05) is 11.6 Å². The Bertz CT molecular complexity index is 874. The van der Waals surface area contributed by atoms with Gasteiger partial charge in [0.1, 0.15) is 16.5 Å². The molecular formula is C19H23ClN4O5. The quantitative estimate of drug-likeness (QED) is 0.643. The van der Waals surface area contributed by atoms with Crippen molar-refractivity contribution in [3.63, 3.8) is 0 Å². The number of ketones is 1. The van der Waals surface area contributed by atoms with E-state index in [1.165, 1.54) is 27.5 Å². The molecule has 2 aromatic rings. The summed E-state index contributed by atoms with van der Waals surface area (Å²) in [5.41, 5.74) is 0.979. The van der Waals surface area contributed by atoms with Gasteiger partial charge in [0.25, 0.3) is 0 Å². The Labute approximate surface area is 173 Å². The molecule has 1 N–H and O–H groups in total. The normalized spacial score (nSPS) is 14.3. The van der Waals surface area contributed by atoms with E-state index >= 15 is 0 Å². The van der Waals surface area contributed by atoms with Crippen LogP contribution < -0.4 is 19.5 Å². The highest BCUT2D eigenvalue weighted by atomic mass is 35.5. The Balaban J connectivity index is 1.86. The summed E-state index contributed by atoms with van der Waals surface area (Å²) in [6.45, 7) is 2.98. The molecule has 0 atom stereocenters. The van der Waals surface area contributed by atoms with Gasteiger partial charge in [-0.25, -0.2) is 4.98 Å². The maximum atomic E-state index is 12.9. The molecule has 9 nitrogen and oxygen atoms in total. The van der Waals surface area contributed by atoms with Gasteiger partial charge in [-0.2, -0.15) is 4.98 Å². The third-order valence-electron chi connectivity index (χ3n) is 4.44. The molecule has 1 aromatic carbocycles. The van der Waals surface area contributed by atoms with Crippen LogP contribution in [0.1, 0.15) is 10.4 Å². The molecule has 0 bridgehead atoms. The van der Waals surface area contributed by atoms with E-state index < -0.39 is 0 Å². The number of hydrogen-bond donors (Lipinski definition) is 1. The number of rotatable bonds is 8. The lowest BCUT2D eigenvalue weighted by atomic mass is 10.1. The highest BCUT2D eigenvalue weighted by molar-refractivity contribution is 6.31. The van der Waals surface area contributed by atoms with Crippen molar-refractivity contribution in [2.75, 3.05) is 59.5 Å². The SMILES string of the molecule is COc1cc(C(=O)CN2CCOCC2)c(OC)cc1Nc1ncc(Cl)c(OC)n1. The monoisotopic (exact) mass is 422 g/mol. The van der Waals surface area contributed by atoms with Gasteiger partial charge >= 0.3 is 0 Å². The van der Waals surface area contributed by atoms with Crippen LogP contribution in [0.5, 0.6) is 17.4 Å². The van der Waals surface area contributed by atoms with Gasteiger partial charge in [0.05, 0.1) is 58.5 Å². The molecule has 0 saturated carbocycles. The minimum Gasteiger partial charge on any atom is -0.496 e. The van der Waals surface area contributed by atoms with Gasteiger partial charge < -0.3 is 24.3 Å². The van der Waals surface area contributed by atoms with Crippen molar-refractivity contribution in [3.05, 3.63) is 28.9 Å². The molecule has 1 saturated heterocycles. The number of morpholine rings is 1. The first-order chi connectivity index (χ1) is 14.0. The number of halogens is 1. The van der Waals surface area contributed by atoms with Crippen molar-refractivity contribution in [3.8, 4) is 17.4 Å². The number of nitrogens with one attached hydrogen (secondary N) is 1. The number of hydrogen-bond acceptors (Lipinski definition) is 9. The molecule has 1 aromatic heterocycles. The van der Waals surface area contributed by atoms with Crippen LogP contribution in [-0.4, -0.2) is 74.8 Å². The first kappa shape index (κ1) is 21.1. The van der Waals surface area contributed by atoms with Crippen LogP contribution in [0.4, 0.5) is 11.6 Å². The average Bonchev–Trinajstić information content (AvgIpc) is 2.75. The molecule has 0 amide bonds. The molecule has 1 fully saturated rings. The predicted octanol–water partition coefficient (Wildman–Crippen LogP) is 2.41. The van der Waals surface area contributed by atoms with Crippen molar-refractivity contribution in [2.45, 2.75) is 0 Å². The smallest absolute Gasteiger partial charge is 0.237 e. The summed E-state index contributed by atoms with van der Waals surface area (Å²) in [6.07, 6.45) is 1.43. The fraction of sp³-hybridized carbons (Fsp3) is 0.421. The lowest BCUT2D eigenvalue weighted by Crippen LogP contribution is -2.39. The number of aromatic nitrogens is 2. The van der Waals surface area contributed by atoms with Gasteiger partial charge in [-0.15, -0.1) is 0 Å². The third-order valence-corrected chi connectivity index (χ3v) is 4.70. The summed E-state index contributed by atoms with van der Waals surface area (Å²) in [6, 6.07) is 3.33. The van der Waals surface area contributed by atoms with Crippen LogP contribution in [0.2, 0.25) is 5.02 Å². The Morgan fingerprint density at radius 1 is 1.17 bits per heavy atom. The third kappa shape index (κ3) is 5.06. The molecule has 3 rings (SSSR count).